The van der Waals surface area contributed by atoms with Gasteiger partial charge in [0.2, 0.25) is 0 Å². The molecular weight excluding hydrogens is 284 g/mol. The summed E-state index contributed by atoms with van der Waals surface area (Å²) < 4.78 is 0. The van der Waals surface area contributed by atoms with Gasteiger partial charge in [0.1, 0.15) is 5.60 Å². The van der Waals surface area contributed by atoms with E-state index in [2.05, 4.69) is 25.8 Å². The molecule has 0 saturated heterocycles. The molecule has 0 radical (unpaired) electrons. The first-order valence-corrected chi connectivity index (χ1v) is 8.98. The van der Waals surface area contributed by atoms with E-state index in [4.69, 9.17) is 6.42 Å². The number of carbonyl (C=O) groups is 1. The first-order chi connectivity index (χ1) is 10.8. The maximum absolute atomic E-state index is 11.8. The monoisotopic (exact) mass is 310 g/mol. The van der Waals surface area contributed by atoms with Gasteiger partial charge in [-0.2, -0.15) is 0 Å². The van der Waals surface area contributed by atoms with E-state index in [9.17, 15) is 9.90 Å². The standard InChI is InChI=1S/C21H26O2/c1-4-21(23)12-9-18-16-6-5-14-13-15(22)7-10-19(14,2)17(16)8-11-20(18,21)3/h1,7,10,13,16-18,23H,5-6,8-9,11-12H2,2-3H3/t16-,17+,18+,19+,20+,21+/m1/s1. The molecule has 0 amide bonds. The number of aliphatic hydroxyl groups is 1. The minimum atomic E-state index is -0.933. The molecule has 3 fully saturated rings. The molecule has 0 bridgehead atoms. The summed E-state index contributed by atoms with van der Waals surface area (Å²) in [5, 5.41) is 11.0. The second-order valence-corrected chi connectivity index (χ2v) is 8.60. The van der Waals surface area contributed by atoms with Crippen LogP contribution < -0.4 is 0 Å². The summed E-state index contributed by atoms with van der Waals surface area (Å²) in [5.74, 6) is 4.56. The fourth-order valence-electron chi connectivity index (χ4n) is 6.45. The number of ketones is 1. The smallest absolute Gasteiger partial charge is 0.178 e. The molecule has 4 aliphatic rings. The molecule has 122 valence electrons. The van der Waals surface area contributed by atoms with Crippen LogP contribution in [0.15, 0.2) is 23.8 Å². The van der Waals surface area contributed by atoms with Gasteiger partial charge in [-0.3, -0.25) is 4.79 Å². The minimum absolute atomic E-state index is 0.0228. The van der Waals surface area contributed by atoms with Crippen molar-refractivity contribution in [2.24, 2.45) is 28.6 Å². The maximum Gasteiger partial charge on any atom is 0.178 e. The topological polar surface area (TPSA) is 37.3 Å². The fourth-order valence-corrected chi connectivity index (χ4v) is 6.45. The van der Waals surface area contributed by atoms with Gasteiger partial charge in [0.15, 0.2) is 5.78 Å². The van der Waals surface area contributed by atoms with E-state index in [0.29, 0.717) is 17.8 Å². The Bertz CT molecular complexity index is 666. The zero-order valence-electron chi connectivity index (χ0n) is 14.1. The lowest BCUT2D eigenvalue weighted by Gasteiger charge is -2.57. The van der Waals surface area contributed by atoms with Crippen molar-refractivity contribution in [2.45, 2.75) is 58.0 Å². The van der Waals surface area contributed by atoms with Crippen molar-refractivity contribution in [1.82, 2.24) is 0 Å². The molecule has 1 N–H and O–H groups in total. The average molecular weight is 310 g/mol. The van der Waals surface area contributed by atoms with E-state index in [1.807, 2.05) is 6.08 Å². The SMILES string of the molecule is C#C[C@]1(O)CC[C@H]2[C@@H]3CCC4=CC(=O)C=C[C@]4(C)[C@H]3CC[C@@]21C. The van der Waals surface area contributed by atoms with E-state index in [-0.39, 0.29) is 16.6 Å². The van der Waals surface area contributed by atoms with Crippen LogP contribution in [0.5, 0.6) is 0 Å². The van der Waals surface area contributed by atoms with Crippen molar-refractivity contribution >= 4 is 5.78 Å². The van der Waals surface area contributed by atoms with Crippen LogP contribution >= 0.6 is 0 Å². The van der Waals surface area contributed by atoms with Crippen LogP contribution in [0, 0.1) is 40.9 Å². The number of carbonyl (C=O) groups excluding carboxylic acids is 1. The molecule has 4 aliphatic carbocycles. The minimum Gasteiger partial charge on any atom is -0.377 e. The van der Waals surface area contributed by atoms with Crippen molar-refractivity contribution < 1.29 is 9.90 Å². The van der Waals surface area contributed by atoms with E-state index in [0.717, 1.165) is 38.5 Å². The van der Waals surface area contributed by atoms with Gasteiger partial charge in [-0.1, -0.05) is 31.4 Å². The van der Waals surface area contributed by atoms with Crippen molar-refractivity contribution in [2.75, 3.05) is 0 Å². The lowest BCUT2D eigenvalue weighted by Crippen LogP contribution is -2.53. The Morgan fingerprint density at radius 3 is 2.70 bits per heavy atom. The van der Waals surface area contributed by atoms with E-state index < -0.39 is 5.60 Å². The highest BCUT2D eigenvalue weighted by atomic mass is 16.3. The van der Waals surface area contributed by atoms with Gasteiger partial charge < -0.3 is 5.11 Å². The van der Waals surface area contributed by atoms with Gasteiger partial charge in [0, 0.05) is 10.8 Å². The molecule has 0 aromatic heterocycles. The van der Waals surface area contributed by atoms with Gasteiger partial charge in [-0.25, -0.2) is 0 Å². The number of terminal acetylenes is 1. The highest BCUT2D eigenvalue weighted by molar-refractivity contribution is 6.01. The lowest BCUT2D eigenvalue weighted by atomic mass is 9.47. The van der Waals surface area contributed by atoms with E-state index >= 15 is 0 Å². The number of fused-ring (bicyclic) bond motifs is 5. The van der Waals surface area contributed by atoms with Crippen LogP contribution in [-0.4, -0.2) is 16.5 Å². The van der Waals surface area contributed by atoms with Gasteiger partial charge in [-0.15, -0.1) is 6.42 Å². The van der Waals surface area contributed by atoms with E-state index in [1.165, 1.54) is 5.57 Å². The Kier molecular flexibility index (Phi) is 3.05. The van der Waals surface area contributed by atoms with Crippen LogP contribution in [0.4, 0.5) is 0 Å². The van der Waals surface area contributed by atoms with Crippen LogP contribution in [0.25, 0.3) is 0 Å². The summed E-state index contributed by atoms with van der Waals surface area (Å²) in [6.07, 6.45) is 17.5. The Balaban J connectivity index is 1.72. The third-order valence-corrected chi connectivity index (χ3v) is 7.95. The van der Waals surface area contributed by atoms with Crippen molar-refractivity contribution in [3.8, 4) is 12.3 Å². The van der Waals surface area contributed by atoms with Crippen LogP contribution in [-0.2, 0) is 4.79 Å². The summed E-state index contributed by atoms with van der Waals surface area (Å²) in [6.45, 7) is 4.53. The molecule has 0 unspecified atom stereocenters. The molecule has 23 heavy (non-hydrogen) atoms. The first kappa shape index (κ1) is 15.2. The second-order valence-electron chi connectivity index (χ2n) is 8.60. The largest absolute Gasteiger partial charge is 0.377 e. The molecule has 4 rings (SSSR count). The fraction of sp³-hybridized carbons (Fsp3) is 0.667. The Labute approximate surface area is 139 Å². The van der Waals surface area contributed by atoms with Crippen molar-refractivity contribution in [3.05, 3.63) is 23.8 Å². The predicted octanol–water partition coefficient (Wildman–Crippen LogP) is 3.66. The zero-order valence-corrected chi connectivity index (χ0v) is 14.1. The summed E-state index contributed by atoms with van der Waals surface area (Å²) in [7, 11) is 0. The molecule has 2 nitrogen and oxygen atoms in total. The second kappa shape index (κ2) is 4.61. The quantitative estimate of drug-likeness (QED) is 0.693. The van der Waals surface area contributed by atoms with Gasteiger partial charge in [0.25, 0.3) is 0 Å². The van der Waals surface area contributed by atoms with Crippen LogP contribution in [0.1, 0.15) is 52.4 Å². The highest BCUT2D eigenvalue weighted by Gasteiger charge is 2.63. The highest BCUT2D eigenvalue weighted by Crippen LogP contribution is 2.66. The normalized spacial score (nSPS) is 51.3. The van der Waals surface area contributed by atoms with Gasteiger partial charge >= 0.3 is 0 Å². The zero-order chi connectivity index (χ0) is 16.5. The van der Waals surface area contributed by atoms with Gasteiger partial charge in [-0.05, 0) is 68.4 Å². The average Bonchev–Trinajstić information content (AvgIpc) is 2.80. The predicted molar refractivity (Wildman–Crippen MR) is 90.4 cm³/mol. The lowest BCUT2D eigenvalue weighted by molar-refractivity contribution is -0.111. The number of hydrogen-bond donors (Lipinski definition) is 1. The molecule has 0 aliphatic heterocycles. The van der Waals surface area contributed by atoms with Gasteiger partial charge in [0.05, 0.1) is 0 Å². The molecule has 0 heterocycles. The number of allylic oxidation sites excluding steroid dienone is 4. The summed E-state index contributed by atoms with van der Waals surface area (Å²) in [5.41, 5.74) is 0.266. The summed E-state index contributed by atoms with van der Waals surface area (Å²) >= 11 is 0. The Morgan fingerprint density at radius 2 is 1.96 bits per heavy atom. The summed E-state index contributed by atoms with van der Waals surface area (Å²) in [6, 6.07) is 0. The Hall–Kier alpha value is -1.33. The maximum atomic E-state index is 11.8. The van der Waals surface area contributed by atoms with Crippen molar-refractivity contribution in [1.29, 1.82) is 0 Å². The molecule has 0 aromatic rings. The molecule has 0 spiro atoms. The third-order valence-electron chi connectivity index (χ3n) is 7.95. The molecule has 2 heteroatoms. The number of hydrogen-bond acceptors (Lipinski definition) is 2. The Morgan fingerprint density at radius 1 is 1.22 bits per heavy atom. The van der Waals surface area contributed by atoms with Crippen LogP contribution in [0.3, 0.4) is 0 Å². The molecular formula is C21H26O2. The number of rotatable bonds is 0. The summed E-state index contributed by atoms with van der Waals surface area (Å²) in [4.78, 5) is 11.8. The van der Waals surface area contributed by atoms with E-state index in [1.54, 1.807) is 6.08 Å². The van der Waals surface area contributed by atoms with Crippen molar-refractivity contribution in [3.63, 3.8) is 0 Å². The van der Waals surface area contributed by atoms with Crippen LogP contribution in [0.2, 0.25) is 0 Å². The molecule has 6 atom stereocenters. The molecule has 0 aromatic carbocycles. The first-order valence-electron chi connectivity index (χ1n) is 8.98. The molecule has 3 saturated carbocycles. The third kappa shape index (κ3) is 1.78.